The summed E-state index contributed by atoms with van der Waals surface area (Å²) in [6.45, 7) is 4.96. The second-order valence-corrected chi connectivity index (χ2v) is 12.0. The van der Waals surface area contributed by atoms with Crippen LogP contribution in [-0.2, 0) is 26.0 Å². The van der Waals surface area contributed by atoms with Crippen LogP contribution in [0.5, 0.6) is 11.5 Å². The number of hydrogen-bond donors (Lipinski definition) is 1. The van der Waals surface area contributed by atoms with Crippen LogP contribution in [0.25, 0.3) is 0 Å². The lowest BCUT2D eigenvalue weighted by Crippen LogP contribution is -2.53. The molecule has 0 aliphatic heterocycles. The smallest absolute Gasteiger partial charge is 0.264 e. The van der Waals surface area contributed by atoms with Gasteiger partial charge in [-0.1, -0.05) is 41.9 Å². The average Bonchev–Trinajstić information content (AvgIpc) is 2.96. The van der Waals surface area contributed by atoms with E-state index in [1.54, 1.807) is 19.1 Å². The second kappa shape index (κ2) is 14.2. The van der Waals surface area contributed by atoms with Crippen LogP contribution < -0.4 is 19.1 Å². The SMILES string of the molecule is COc1ccc(S(=O)(=O)N(CC(=O)N(CCc2ccccc2)[C@@H](C)C(=O)NC(C)C)c2ccc(Cl)cc2)cc1OC. The number of carbonyl (C=O) groups is 2. The van der Waals surface area contributed by atoms with E-state index in [2.05, 4.69) is 5.32 Å². The molecule has 3 rings (SSSR count). The number of anilines is 1. The van der Waals surface area contributed by atoms with Crippen molar-refractivity contribution in [2.75, 3.05) is 31.6 Å². The van der Waals surface area contributed by atoms with Crippen molar-refractivity contribution in [3.63, 3.8) is 0 Å². The highest BCUT2D eigenvalue weighted by Crippen LogP contribution is 2.32. The van der Waals surface area contributed by atoms with Gasteiger partial charge in [0.05, 0.1) is 24.8 Å². The zero-order valence-electron chi connectivity index (χ0n) is 23.8. The Morgan fingerprint density at radius 3 is 2.12 bits per heavy atom. The van der Waals surface area contributed by atoms with Gasteiger partial charge in [0.1, 0.15) is 12.6 Å². The Morgan fingerprint density at radius 2 is 1.54 bits per heavy atom. The van der Waals surface area contributed by atoms with Crippen molar-refractivity contribution in [1.29, 1.82) is 0 Å². The summed E-state index contributed by atoms with van der Waals surface area (Å²) in [6, 6.07) is 18.9. The number of rotatable bonds is 13. The van der Waals surface area contributed by atoms with Crippen molar-refractivity contribution in [1.82, 2.24) is 10.2 Å². The van der Waals surface area contributed by atoms with Crippen LogP contribution in [0.4, 0.5) is 5.69 Å². The largest absolute Gasteiger partial charge is 0.493 e. The van der Waals surface area contributed by atoms with Crippen molar-refractivity contribution in [3.8, 4) is 11.5 Å². The lowest BCUT2D eigenvalue weighted by molar-refractivity contribution is -0.139. The van der Waals surface area contributed by atoms with E-state index < -0.39 is 28.5 Å². The molecule has 0 spiro atoms. The first-order valence-electron chi connectivity index (χ1n) is 13.1. The van der Waals surface area contributed by atoms with Crippen molar-refractivity contribution in [2.24, 2.45) is 0 Å². The van der Waals surface area contributed by atoms with E-state index in [4.69, 9.17) is 21.1 Å². The zero-order valence-corrected chi connectivity index (χ0v) is 25.4. The summed E-state index contributed by atoms with van der Waals surface area (Å²) >= 11 is 6.08. The predicted octanol–water partition coefficient (Wildman–Crippen LogP) is 4.54. The maximum atomic E-state index is 14.0. The number of hydrogen-bond acceptors (Lipinski definition) is 6. The van der Waals surface area contributed by atoms with E-state index in [1.807, 2.05) is 44.2 Å². The number of ether oxygens (including phenoxy) is 2. The molecule has 0 heterocycles. The number of sulfonamides is 1. The number of benzene rings is 3. The van der Waals surface area contributed by atoms with Gasteiger partial charge in [0.15, 0.2) is 11.5 Å². The molecule has 3 aromatic carbocycles. The summed E-state index contributed by atoms with van der Waals surface area (Å²) in [5.41, 5.74) is 1.22. The fourth-order valence-electron chi connectivity index (χ4n) is 4.22. The van der Waals surface area contributed by atoms with Gasteiger partial charge < -0.3 is 19.7 Å². The van der Waals surface area contributed by atoms with Crippen LogP contribution >= 0.6 is 11.6 Å². The van der Waals surface area contributed by atoms with Crippen molar-refractivity contribution < 1.29 is 27.5 Å². The zero-order chi connectivity index (χ0) is 30.2. The molecule has 0 bridgehead atoms. The molecule has 0 aliphatic carbocycles. The third kappa shape index (κ3) is 8.14. The van der Waals surface area contributed by atoms with E-state index in [-0.39, 0.29) is 34.8 Å². The minimum atomic E-state index is -4.28. The molecular weight excluding hydrogens is 566 g/mol. The fourth-order valence-corrected chi connectivity index (χ4v) is 5.77. The van der Waals surface area contributed by atoms with E-state index in [0.717, 1.165) is 9.87 Å². The number of nitrogens with zero attached hydrogens (tertiary/aromatic N) is 2. The molecule has 0 radical (unpaired) electrons. The summed E-state index contributed by atoms with van der Waals surface area (Å²) in [6.07, 6.45) is 0.481. The van der Waals surface area contributed by atoms with Gasteiger partial charge in [-0.2, -0.15) is 0 Å². The maximum Gasteiger partial charge on any atom is 0.264 e. The van der Waals surface area contributed by atoms with Gasteiger partial charge in [0, 0.05) is 23.7 Å². The quantitative estimate of drug-likeness (QED) is 0.308. The number of carbonyl (C=O) groups excluding carboxylic acids is 2. The van der Waals surface area contributed by atoms with E-state index in [0.29, 0.717) is 17.2 Å². The Bertz CT molecular complexity index is 1430. The molecule has 3 aromatic rings. The third-order valence-corrected chi connectivity index (χ3v) is 8.44. The topological polar surface area (TPSA) is 105 Å². The van der Waals surface area contributed by atoms with Crippen LogP contribution in [0.2, 0.25) is 5.02 Å². The van der Waals surface area contributed by atoms with Crippen molar-refractivity contribution in [3.05, 3.63) is 83.4 Å². The Labute approximate surface area is 247 Å². The van der Waals surface area contributed by atoms with Crippen molar-refractivity contribution >= 4 is 39.1 Å². The average molecular weight is 602 g/mol. The highest BCUT2D eigenvalue weighted by molar-refractivity contribution is 7.92. The Morgan fingerprint density at radius 1 is 0.902 bits per heavy atom. The Balaban J connectivity index is 2.02. The van der Waals surface area contributed by atoms with Crippen LogP contribution in [0.15, 0.2) is 77.7 Å². The van der Waals surface area contributed by atoms with Gasteiger partial charge in [0.25, 0.3) is 10.0 Å². The summed E-state index contributed by atoms with van der Waals surface area (Å²) in [5, 5.41) is 3.25. The van der Waals surface area contributed by atoms with Gasteiger partial charge in [-0.15, -0.1) is 0 Å². The lowest BCUT2D eigenvalue weighted by atomic mass is 10.1. The Hall–Kier alpha value is -3.76. The van der Waals surface area contributed by atoms with Gasteiger partial charge in [-0.3, -0.25) is 13.9 Å². The predicted molar refractivity (Wildman–Crippen MR) is 160 cm³/mol. The van der Waals surface area contributed by atoms with Crippen LogP contribution in [0.1, 0.15) is 26.3 Å². The highest BCUT2D eigenvalue weighted by Gasteiger charge is 2.33. The van der Waals surface area contributed by atoms with Crippen LogP contribution in [-0.4, -0.2) is 64.5 Å². The summed E-state index contributed by atoms with van der Waals surface area (Å²) in [4.78, 5) is 28.2. The highest BCUT2D eigenvalue weighted by atomic mass is 35.5. The molecule has 41 heavy (non-hydrogen) atoms. The van der Waals surface area contributed by atoms with Gasteiger partial charge >= 0.3 is 0 Å². The number of amides is 2. The molecule has 0 saturated carbocycles. The molecule has 2 amide bonds. The molecule has 0 unspecified atom stereocenters. The standard InChI is InChI=1S/C30H36ClN3O6S/c1-21(2)32-30(36)22(3)33(18-17-23-9-7-6-8-10-23)29(35)20-34(25-13-11-24(31)12-14-25)41(37,38)26-15-16-27(39-4)28(19-26)40-5/h6-16,19,21-22H,17-18,20H2,1-5H3,(H,32,36)/t22-/m0/s1. The molecule has 0 aromatic heterocycles. The van der Waals surface area contributed by atoms with E-state index in [1.165, 1.54) is 49.5 Å². The first kappa shape index (κ1) is 31.8. The van der Waals surface area contributed by atoms with Gasteiger partial charge in [-0.05, 0) is 69.2 Å². The number of halogens is 1. The molecule has 1 atom stereocenters. The lowest BCUT2D eigenvalue weighted by Gasteiger charge is -2.32. The summed E-state index contributed by atoms with van der Waals surface area (Å²) in [7, 11) is -1.42. The molecule has 9 nitrogen and oxygen atoms in total. The van der Waals surface area contributed by atoms with Crippen LogP contribution in [0.3, 0.4) is 0 Å². The molecule has 220 valence electrons. The molecule has 11 heteroatoms. The molecular formula is C30H36ClN3O6S. The number of nitrogens with one attached hydrogen (secondary N) is 1. The minimum absolute atomic E-state index is 0.0978. The van der Waals surface area contributed by atoms with E-state index >= 15 is 0 Å². The first-order chi connectivity index (χ1) is 19.5. The molecule has 1 N–H and O–H groups in total. The normalized spacial score (nSPS) is 12.0. The van der Waals surface area contributed by atoms with Gasteiger partial charge in [0.2, 0.25) is 11.8 Å². The molecule has 0 fully saturated rings. The second-order valence-electron chi connectivity index (χ2n) is 9.67. The first-order valence-corrected chi connectivity index (χ1v) is 14.9. The fraction of sp³-hybridized carbons (Fsp3) is 0.333. The van der Waals surface area contributed by atoms with Crippen molar-refractivity contribution in [2.45, 2.75) is 44.2 Å². The van der Waals surface area contributed by atoms with E-state index in [9.17, 15) is 18.0 Å². The summed E-state index contributed by atoms with van der Waals surface area (Å²) < 4.78 is 39.6. The minimum Gasteiger partial charge on any atom is -0.493 e. The number of methoxy groups -OCH3 is 2. The molecule has 0 aliphatic rings. The third-order valence-electron chi connectivity index (χ3n) is 6.42. The van der Waals surface area contributed by atoms with Gasteiger partial charge in [-0.25, -0.2) is 8.42 Å². The maximum absolute atomic E-state index is 14.0. The molecule has 0 saturated heterocycles. The Kier molecular flexibility index (Phi) is 11.0. The monoisotopic (exact) mass is 601 g/mol. The summed E-state index contributed by atoms with van der Waals surface area (Å²) in [5.74, 6) is -0.286. The van der Waals surface area contributed by atoms with Crippen LogP contribution in [0, 0.1) is 0 Å².